The fourth-order valence-electron chi connectivity index (χ4n) is 3.67. The summed E-state index contributed by atoms with van der Waals surface area (Å²) in [6, 6.07) is 12.3. The van der Waals surface area contributed by atoms with E-state index in [2.05, 4.69) is 4.98 Å². The SMILES string of the molecule is C[C@H](NC(=O)C(F)(F)F)c1ccc(S(=O)(=O)c2ccc(C3CC3)cc2S(=O)(=O)c2ccccn2)cc1. The van der Waals surface area contributed by atoms with Gasteiger partial charge in [0.2, 0.25) is 19.7 Å². The van der Waals surface area contributed by atoms with E-state index in [1.165, 1.54) is 55.6 Å². The molecular weight excluding hydrogens is 517 g/mol. The predicted octanol–water partition coefficient (Wildman–Crippen LogP) is 4.36. The third kappa shape index (κ3) is 5.14. The van der Waals surface area contributed by atoms with Gasteiger partial charge in [-0.3, -0.25) is 4.79 Å². The summed E-state index contributed by atoms with van der Waals surface area (Å²) in [5.74, 6) is -1.96. The van der Waals surface area contributed by atoms with Crippen molar-refractivity contribution in [3.05, 3.63) is 78.0 Å². The zero-order chi connectivity index (χ0) is 26.3. The number of carbonyl (C=O) groups excluding carboxylic acids is 1. The Morgan fingerprint density at radius 1 is 0.944 bits per heavy atom. The highest BCUT2D eigenvalue weighted by atomic mass is 32.2. The number of nitrogens with zero attached hydrogens (tertiary/aromatic N) is 1. The number of rotatable bonds is 7. The molecule has 0 saturated heterocycles. The van der Waals surface area contributed by atoms with Crippen molar-refractivity contribution in [1.82, 2.24) is 10.3 Å². The topological polar surface area (TPSA) is 110 Å². The molecule has 1 aromatic heterocycles. The average molecular weight is 539 g/mol. The maximum Gasteiger partial charge on any atom is 0.471 e. The summed E-state index contributed by atoms with van der Waals surface area (Å²) in [4.78, 5) is 14.0. The Hall–Kier alpha value is -3.25. The third-order valence-electron chi connectivity index (χ3n) is 5.80. The van der Waals surface area contributed by atoms with Crippen LogP contribution in [0.2, 0.25) is 0 Å². The zero-order valence-corrected chi connectivity index (χ0v) is 20.5. The minimum atomic E-state index is -5.06. The van der Waals surface area contributed by atoms with Crippen LogP contribution in [0.5, 0.6) is 0 Å². The Morgan fingerprint density at radius 3 is 2.17 bits per heavy atom. The molecule has 1 fully saturated rings. The van der Waals surface area contributed by atoms with Crippen molar-refractivity contribution in [2.75, 3.05) is 0 Å². The monoisotopic (exact) mass is 538 g/mol. The number of halogens is 3. The molecule has 2 aromatic carbocycles. The number of amides is 1. The number of nitrogens with one attached hydrogen (secondary N) is 1. The summed E-state index contributed by atoms with van der Waals surface area (Å²) < 4.78 is 91.4. The molecule has 1 N–H and O–H groups in total. The lowest BCUT2D eigenvalue weighted by Crippen LogP contribution is -2.38. The minimum Gasteiger partial charge on any atom is -0.342 e. The van der Waals surface area contributed by atoms with Crippen molar-refractivity contribution in [1.29, 1.82) is 0 Å². The molecular formula is C24H21F3N2O5S2. The minimum absolute atomic E-state index is 0.159. The largest absolute Gasteiger partial charge is 0.471 e. The van der Waals surface area contributed by atoms with Gasteiger partial charge in [-0.1, -0.05) is 24.3 Å². The number of sulfone groups is 2. The van der Waals surface area contributed by atoms with Crippen molar-refractivity contribution < 1.29 is 34.8 Å². The van der Waals surface area contributed by atoms with E-state index in [0.29, 0.717) is 5.56 Å². The van der Waals surface area contributed by atoms with E-state index in [9.17, 15) is 34.8 Å². The number of hydrogen-bond acceptors (Lipinski definition) is 6. The summed E-state index contributed by atoms with van der Waals surface area (Å²) in [5, 5.41) is 1.50. The molecule has 1 atom stereocenters. The Bertz CT molecular complexity index is 1500. The number of pyridine rings is 1. The molecule has 1 aliphatic carbocycles. The van der Waals surface area contributed by atoms with Crippen LogP contribution in [0, 0.1) is 0 Å². The van der Waals surface area contributed by atoms with Gasteiger partial charge in [0, 0.05) is 6.20 Å². The Morgan fingerprint density at radius 2 is 1.61 bits per heavy atom. The summed E-state index contributed by atoms with van der Waals surface area (Å²) in [6.07, 6.45) is -2.01. The molecule has 3 aromatic rings. The fraction of sp³-hybridized carbons (Fsp3) is 0.250. The molecule has 1 saturated carbocycles. The first-order valence-electron chi connectivity index (χ1n) is 10.8. The predicted molar refractivity (Wildman–Crippen MR) is 123 cm³/mol. The van der Waals surface area contributed by atoms with Crippen LogP contribution in [0.25, 0.3) is 0 Å². The van der Waals surface area contributed by atoms with Gasteiger partial charge in [0.25, 0.3) is 0 Å². The number of hydrogen-bond donors (Lipinski definition) is 1. The lowest BCUT2D eigenvalue weighted by atomic mass is 10.1. The molecule has 12 heteroatoms. The first kappa shape index (κ1) is 25.8. The maximum atomic E-state index is 13.5. The van der Waals surface area contributed by atoms with Crippen molar-refractivity contribution in [3.63, 3.8) is 0 Å². The first-order valence-corrected chi connectivity index (χ1v) is 13.8. The van der Waals surface area contributed by atoms with E-state index < -0.39 is 42.7 Å². The van der Waals surface area contributed by atoms with Crippen LogP contribution < -0.4 is 5.32 Å². The molecule has 7 nitrogen and oxygen atoms in total. The molecule has 4 rings (SSSR count). The standard InChI is InChI=1S/C24H21F3N2O5S2/c1-15(29-23(30)24(25,26)27)16-7-10-19(11-8-16)35(31,32)20-12-9-18(17-5-6-17)14-21(20)36(33,34)22-4-2-3-13-28-22/h2-4,7-15,17H,5-6H2,1H3,(H,29,30)/t15-/m0/s1. The van der Waals surface area contributed by atoms with Crippen LogP contribution in [0.15, 0.2) is 86.6 Å². The molecule has 0 unspecified atom stereocenters. The molecule has 0 bridgehead atoms. The summed E-state index contributed by atoms with van der Waals surface area (Å²) >= 11 is 0. The van der Waals surface area contributed by atoms with Gasteiger partial charge < -0.3 is 5.32 Å². The van der Waals surface area contributed by atoms with Gasteiger partial charge in [0.1, 0.15) is 0 Å². The number of alkyl halides is 3. The summed E-state index contributed by atoms with van der Waals surface area (Å²) in [6.45, 7) is 1.32. The number of benzene rings is 2. The van der Waals surface area contributed by atoms with Gasteiger partial charge >= 0.3 is 12.1 Å². The summed E-state index contributed by atoms with van der Waals surface area (Å²) in [7, 11) is -8.63. The van der Waals surface area contributed by atoms with E-state index in [4.69, 9.17) is 0 Å². The van der Waals surface area contributed by atoms with Crippen molar-refractivity contribution in [2.24, 2.45) is 0 Å². The van der Waals surface area contributed by atoms with E-state index in [-0.39, 0.29) is 26.3 Å². The third-order valence-corrected chi connectivity index (χ3v) is 9.47. The van der Waals surface area contributed by atoms with Gasteiger partial charge in [0.15, 0.2) is 5.03 Å². The maximum absolute atomic E-state index is 13.5. The normalized spacial score (nSPS) is 15.3. The molecule has 36 heavy (non-hydrogen) atoms. The van der Waals surface area contributed by atoms with Gasteiger partial charge in [-0.15, -0.1) is 0 Å². The molecule has 1 amide bonds. The lowest BCUT2D eigenvalue weighted by molar-refractivity contribution is -0.174. The molecule has 0 radical (unpaired) electrons. The van der Waals surface area contributed by atoms with Crippen LogP contribution in [0.1, 0.15) is 42.9 Å². The fourth-order valence-corrected chi connectivity index (χ4v) is 6.95. The van der Waals surface area contributed by atoms with Gasteiger partial charge in [0.05, 0.1) is 20.7 Å². The van der Waals surface area contributed by atoms with Crippen molar-refractivity contribution in [2.45, 2.75) is 57.6 Å². The van der Waals surface area contributed by atoms with Crippen LogP contribution in [0.3, 0.4) is 0 Å². The smallest absolute Gasteiger partial charge is 0.342 e. The van der Waals surface area contributed by atoms with Crippen LogP contribution in [0.4, 0.5) is 13.2 Å². The Balaban J connectivity index is 1.73. The van der Waals surface area contributed by atoms with Gasteiger partial charge in [-0.2, -0.15) is 13.2 Å². The number of carbonyl (C=O) groups is 1. The second kappa shape index (κ2) is 9.32. The highest BCUT2D eigenvalue weighted by Crippen LogP contribution is 2.42. The van der Waals surface area contributed by atoms with Gasteiger partial charge in [-0.25, -0.2) is 21.8 Å². The van der Waals surface area contributed by atoms with E-state index in [1.807, 2.05) is 0 Å². The van der Waals surface area contributed by atoms with Crippen LogP contribution in [-0.4, -0.2) is 33.9 Å². The molecule has 0 aliphatic heterocycles. The highest BCUT2D eigenvalue weighted by Gasteiger charge is 2.39. The Kier molecular flexibility index (Phi) is 6.69. The first-order chi connectivity index (χ1) is 16.8. The van der Waals surface area contributed by atoms with Crippen LogP contribution >= 0.6 is 0 Å². The van der Waals surface area contributed by atoms with Gasteiger partial charge in [-0.05, 0) is 73.2 Å². The molecule has 1 heterocycles. The zero-order valence-electron chi connectivity index (χ0n) is 18.9. The second-order valence-electron chi connectivity index (χ2n) is 8.42. The molecule has 190 valence electrons. The molecule has 0 spiro atoms. The quantitative estimate of drug-likeness (QED) is 0.479. The average Bonchev–Trinajstić information content (AvgIpc) is 3.69. The Labute approximate surface area is 206 Å². The van der Waals surface area contributed by atoms with E-state index in [0.717, 1.165) is 25.0 Å². The van der Waals surface area contributed by atoms with Crippen molar-refractivity contribution in [3.8, 4) is 0 Å². The molecule has 1 aliphatic rings. The summed E-state index contributed by atoms with van der Waals surface area (Å²) in [5.41, 5.74) is 0.949. The van der Waals surface area contributed by atoms with Crippen molar-refractivity contribution >= 4 is 25.6 Å². The van der Waals surface area contributed by atoms with E-state index in [1.54, 1.807) is 11.4 Å². The van der Waals surface area contributed by atoms with Crippen LogP contribution in [-0.2, 0) is 24.5 Å². The van der Waals surface area contributed by atoms with E-state index >= 15 is 0 Å². The second-order valence-corrected chi connectivity index (χ2v) is 12.2. The lowest BCUT2D eigenvalue weighted by Gasteiger charge is -2.16. The number of aromatic nitrogens is 1. The highest BCUT2D eigenvalue weighted by molar-refractivity contribution is 7.94.